The number of benzene rings is 1. The molecule has 98 valence electrons. The van der Waals surface area contributed by atoms with E-state index >= 15 is 0 Å². The Kier molecular flexibility index (Phi) is 2.87. The van der Waals surface area contributed by atoms with Gasteiger partial charge in [-0.15, -0.1) is 0 Å². The molecule has 2 saturated heterocycles. The fourth-order valence-electron chi connectivity index (χ4n) is 3.42. The minimum absolute atomic E-state index is 0.186. The Labute approximate surface area is 105 Å². The van der Waals surface area contributed by atoms with Gasteiger partial charge < -0.3 is 5.11 Å². The van der Waals surface area contributed by atoms with E-state index in [1.54, 1.807) is 6.07 Å². The van der Waals surface area contributed by atoms with Gasteiger partial charge in [0, 0.05) is 19.0 Å². The molecule has 1 aromatic carbocycles. The van der Waals surface area contributed by atoms with E-state index in [1.165, 1.54) is 6.07 Å². The van der Waals surface area contributed by atoms with Crippen LogP contribution >= 0.6 is 0 Å². The van der Waals surface area contributed by atoms with Crippen LogP contribution in [0.1, 0.15) is 24.8 Å². The normalized spacial score (nSPS) is 31.8. The molecule has 3 rings (SSSR count). The minimum atomic E-state index is -0.836. The first-order valence-corrected chi connectivity index (χ1v) is 6.49. The molecule has 4 heteroatoms. The monoisotopic (exact) mass is 253 g/mol. The van der Waals surface area contributed by atoms with E-state index in [2.05, 4.69) is 4.90 Å². The van der Waals surface area contributed by atoms with Crippen molar-refractivity contribution >= 4 is 0 Å². The predicted molar refractivity (Wildman–Crippen MR) is 64.2 cm³/mol. The summed E-state index contributed by atoms with van der Waals surface area (Å²) in [7, 11) is 0. The zero-order chi connectivity index (χ0) is 12.8. The lowest BCUT2D eigenvalue weighted by atomic mass is 9.86. The highest BCUT2D eigenvalue weighted by molar-refractivity contribution is 5.21. The van der Waals surface area contributed by atoms with Crippen molar-refractivity contribution in [2.45, 2.75) is 37.3 Å². The van der Waals surface area contributed by atoms with E-state index < -0.39 is 17.2 Å². The van der Waals surface area contributed by atoms with Crippen LogP contribution in [-0.2, 0) is 6.42 Å². The molecule has 2 unspecified atom stereocenters. The van der Waals surface area contributed by atoms with Crippen molar-refractivity contribution in [2.75, 3.05) is 13.1 Å². The van der Waals surface area contributed by atoms with Crippen LogP contribution in [0.4, 0.5) is 8.78 Å². The van der Waals surface area contributed by atoms with Crippen molar-refractivity contribution in [1.82, 2.24) is 4.90 Å². The summed E-state index contributed by atoms with van der Waals surface area (Å²) < 4.78 is 26.1. The Morgan fingerprint density at radius 3 is 2.89 bits per heavy atom. The second-order valence-electron chi connectivity index (χ2n) is 5.47. The molecule has 1 N–H and O–H groups in total. The number of nitrogens with zero attached hydrogens (tertiary/aromatic N) is 1. The topological polar surface area (TPSA) is 23.5 Å². The van der Waals surface area contributed by atoms with Crippen molar-refractivity contribution in [2.24, 2.45) is 0 Å². The van der Waals surface area contributed by atoms with Gasteiger partial charge in [-0.05, 0) is 43.5 Å². The third-order valence-electron chi connectivity index (χ3n) is 4.31. The summed E-state index contributed by atoms with van der Waals surface area (Å²) >= 11 is 0. The fraction of sp³-hybridized carbons (Fsp3) is 0.571. The van der Waals surface area contributed by atoms with Gasteiger partial charge in [-0.1, -0.05) is 6.07 Å². The number of hydrogen-bond acceptors (Lipinski definition) is 2. The number of hydrogen-bond donors (Lipinski definition) is 1. The van der Waals surface area contributed by atoms with Crippen LogP contribution in [-0.4, -0.2) is 34.7 Å². The van der Waals surface area contributed by atoms with E-state index in [1.807, 2.05) is 0 Å². The van der Waals surface area contributed by atoms with Gasteiger partial charge in [0.05, 0.1) is 5.60 Å². The first kappa shape index (κ1) is 12.1. The second-order valence-corrected chi connectivity index (χ2v) is 5.47. The molecule has 2 fully saturated rings. The Morgan fingerprint density at radius 2 is 2.11 bits per heavy atom. The average molecular weight is 253 g/mol. The molecule has 0 amide bonds. The van der Waals surface area contributed by atoms with Crippen LogP contribution < -0.4 is 0 Å². The van der Waals surface area contributed by atoms with Crippen molar-refractivity contribution in [1.29, 1.82) is 0 Å². The molecular formula is C14H17F2NO. The Balaban J connectivity index is 1.81. The number of rotatable bonds is 2. The molecule has 0 bridgehead atoms. The summed E-state index contributed by atoms with van der Waals surface area (Å²) in [4.78, 5) is 2.31. The van der Waals surface area contributed by atoms with Crippen LogP contribution in [0.2, 0.25) is 0 Å². The van der Waals surface area contributed by atoms with Gasteiger partial charge in [0.1, 0.15) is 0 Å². The molecule has 0 aromatic heterocycles. The highest BCUT2D eigenvalue weighted by Gasteiger charge is 2.47. The largest absolute Gasteiger partial charge is 0.388 e. The van der Waals surface area contributed by atoms with Crippen molar-refractivity contribution in [3.05, 3.63) is 35.4 Å². The lowest BCUT2D eigenvalue weighted by Gasteiger charge is -2.30. The number of halogens is 2. The maximum absolute atomic E-state index is 13.2. The molecule has 0 saturated carbocycles. The highest BCUT2D eigenvalue weighted by atomic mass is 19.2. The van der Waals surface area contributed by atoms with Gasteiger partial charge in [-0.2, -0.15) is 0 Å². The van der Waals surface area contributed by atoms with Crippen molar-refractivity contribution < 1.29 is 13.9 Å². The molecule has 2 atom stereocenters. The quantitative estimate of drug-likeness (QED) is 0.872. The molecule has 0 radical (unpaired) electrons. The molecule has 2 aliphatic rings. The fourth-order valence-corrected chi connectivity index (χ4v) is 3.42. The third-order valence-corrected chi connectivity index (χ3v) is 4.31. The van der Waals surface area contributed by atoms with Crippen molar-refractivity contribution in [3.8, 4) is 0 Å². The second kappa shape index (κ2) is 4.28. The van der Waals surface area contributed by atoms with Crippen LogP contribution in [0.15, 0.2) is 18.2 Å². The van der Waals surface area contributed by atoms with E-state index in [0.29, 0.717) is 12.0 Å². The minimum Gasteiger partial charge on any atom is -0.388 e. The molecule has 2 aliphatic heterocycles. The van der Waals surface area contributed by atoms with Gasteiger partial charge >= 0.3 is 0 Å². The molecule has 1 aromatic rings. The average Bonchev–Trinajstić information content (AvgIpc) is 2.90. The van der Waals surface area contributed by atoms with E-state index in [4.69, 9.17) is 0 Å². The van der Waals surface area contributed by atoms with Crippen LogP contribution in [0, 0.1) is 11.6 Å². The predicted octanol–water partition coefficient (Wildman–Crippen LogP) is 2.11. The Hall–Kier alpha value is -1.00. The SMILES string of the molecule is OC1(Cc2ccc(F)c(F)c2)CCN2CCCC21. The molecular weight excluding hydrogens is 236 g/mol. The molecule has 2 heterocycles. The zero-order valence-electron chi connectivity index (χ0n) is 10.2. The summed E-state index contributed by atoms with van der Waals surface area (Å²) in [5.41, 5.74) is -0.106. The van der Waals surface area contributed by atoms with Crippen LogP contribution in [0.25, 0.3) is 0 Å². The molecule has 2 nitrogen and oxygen atoms in total. The highest BCUT2D eigenvalue weighted by Crippen LogP contribution is 2.38. The van der Waals surface area contributed by atoms with E-state index in [0.717, 1.165) is 38.4 Å². The maximum atomic E-state index is 13.2. The van der Waals surface area contributed by atoms with Gasteiger partial charge in [-0.3, -0.25) is 4.90 Å². The summed E-state index contributed by atoms with van der Waals surface area (Å²) in [6.45, 7) is 1.95. The summed E-state index contributed by atoms with van der Waals surface area (Å²) in [6.07, 6.45) is 3.24. The van der Waals surface area contributed by atoms with Gasteiger partial charge in [-0.25, -0.2) is 8.78 Å². The number of fused-ring (bicyclic) bond motifs is 1. The Bertz CT molecular complexity index is 465. The first-order valence-electron chi connectivity index (χ1n) is 6.49. The summed E-state index contributed by atoms with van der Waals surface area (Å²) in [5.74, 6) is -1.67. The van der Waals surface area contributed by atoms with E-state index in [-0.39, 0.29) is 6.04 Å². The smallest absolute Gasteiger partial charge is 0.159 e. The molecule has 0 aliphatic carbocycles. The van der Waals surface area contributed by atoms with Gasteiger partial charge in [0.15, 0.2) is 11.6 Å². The zero-order valence-corrected chi connectivity index (χ0v) is 10.2. The maximum Gasteiger partial charge on any atom is 0.159 e. The molecule has 18 heavy (non-hydrogen) atoms. The summed E-state index contributed by atoms with van der Waals surface area (Å²) in [6, 6.07) is 4.08. The molecule has 0 spiro atoms. The van der Waals surface area contributed by atoms with Gasteiger partial charge in [0.25, 0.3) is 0 Å². The van der Waals surface area contributed by atoms with Crippen molar-refractivity contribution in [3.63, 3.8) is 0 Å². The van der Waals surface area contributed by atoms with Crippen LogP contribution in [0.5, 0.6) is 0 Å². The lowest BCUT2D eigenvalue weighted by Crippen LogP contribution is -2.43. The lowest BCUT2D eigenvalue weighted by molar-refractivity contribution is 0.0140. The first-order chi connectivity index (χ1) is 8.58. The number of aliphatic hydroxyl groups is 1. The standard InChI is InChI=1S/C14H17F2NO/c15-11-4-3-10(8-12(11)16)9-14(18)5-7-17-6-1-2-13(14)17/h3-4,8,13,18H,1-2,5-7,9H2. The van der Waals surface area contributed by atoms with Crippen LogP contribution in [0.3, 0.4) is 0 Å². The summed E-state index contributed by atoms with van der Waals surface area (Å²) in [5, 5.41) is 10.7. The van der Waals surface area contributed by atoms with Gasteiger partial charge in [0.2, 0.25) is 0 Å². The Morgan fingerprint density at radius 1 is 1.28 bits per heavy atom. The van der Waals surface area contributed by atoms with E-state index in [9.17, 15) is 13.9 Å². The third kappa shape index (κ3) is 1.93.